The van der Waals surface area contributed by atoms with Gasteiger partial charge in [-0.3, -0.25) is 0 Å². The standard InChI is InChI=1S/C10H15NO.ClH/c1-7-4-8(2)10(12-3)9(5-7)6-11;/h4-5H,6,11H2,1-3H3;1H. The van der Waals surface area contributed by atoms with Gasteiger partial charge in [-0.25, -0.2) is 0 Å². The molecule has 0 radical (unpaired) electrons. The van der Waals surface area contributed by atoms with E-state index in [0.717, 1.165) is 16.9 Å². The Morgan fingerprint density at radius 3 is 2.38 bits per heavy atom. The van der Waals surface area contributed by atoms with Crippen LogP contribution in [0.1, 0.15) is 16.7 Å². The molecule has 1 aromatic rings. The number of halogens is 1. The molecule has 0 atom stereocenters. The molecule has 13 heavy (non-hydrogen) atoms. The SMILES string of the molecule is COc1c(C)cc(C)cc1CN.Cl. The summed E-state index contributed by atoms with van der Waals surface area (Å²) in [6.07, 6.45) is 0. The van der Waals surface area contributed by atoms with Crippen molar-refractivity contribution >= 4 is 12.4 Å². The molecule has 0 aliphatic carbocycles. The summed E-state index contributed by atoms with van der Waals surface area (Å²) in [6.45, 7) is 4.63. The minimum Gasteiger partial charge on any atom is -0.496 e. The molecule has 0 unspecified atom stereocenters. The Kier molecular flexibility index (Phi) is 4.81. The van der Waals surface area contributed by atoms with Crippen molar-refractivity contribution in [2.45, 2.75) is 20.4 Å². The van der Waals surface area contributed by atoms with Gasteiger partial charge < -0.3 is 10.5 Å². The van der Waals surface area contributed by atoms with Gasteiger partial charge in [-0.15, -0.1) is 12.4 Å². The van der Waals surface area contributed by atoms with Crippen LogP contribution in [0, 0.1) is 13.8 Å². The van der Waals surface area contributed by atoms with Crippen molar-refractivity contribution < 1.29 is 4.74 Å². The van der Waals surface area contributed by atoms with Gasteiger partial charge in [0.1, 0.15) is 5.75 Å². The van der Waals surface area contributed by atoms with Crippen molar-refractivity contribution in [2.75, 3.05) is 7.11 Å². The van der Waals surface area contributed by atoms with Crippen LogP contribution < -0.4 is 10.5 Å². The molecule has 0 aliphatic heterocycles. The number of hydrogen-bond acceptors (Lipinski definition) is 2. The molecule has 0 saturated carbocycles. The van der Waals surface area contributed by atoms with Crippen LogP contribution in [0.2, 0.25) is 0 Å². The molecule has 0 aromatic heterocycles. The van der Waals surface area contributed by atoms with Gasteiger partial charge in [0.15, 0.2) is 0 Å². The molecule has 0 fully saturated rings. The molecule has 0 heterocycles. The highest BCUT2D eigenvalue weighted by Crippen LogP contribution is 2.24. The number of methoxy groups -OCH3 is 1. The van der Waals surface area contributed by atoms with Crippen LogP contribution in [-0.2, 0) is 6.54 Å². The molecule has 2 N–H and O–H groups in total. The fourth-order valence-corrected chi connectivity index (χ4v) is 1.49. The van der Waals surface area contributed by atoms with Crippen LogP contribution in [0.25, 0.3) is 0 Å². The average Bonchev–Trinajstić information content (AvgIpc) is 2.03. The highest BCUT2D eigenvalue weighted by molar-refractivity contribution is 5.85. The van der Waals surface area contributed by atoms with Crippen LogP contribution in [0.5, 0.6) is 5.75 Å². The second kappa shape index (κ2) is 5.10. The lowest BCUT2D eigenvalue weighted by Crippen LogP contribution is -2.01. The Labute approximate surface area is 85.5 Å². The fourth-order valence-electron chi connectivity index (χ4n) is 1.49. The van der Waals surface area contributed by atoms with E-state index in [1.165, 1.54) is 5.56 Å². The zero-order chi connectivity index (χ0) is 9.14. The average molecular weight is 202 g/mol. The molecule has 0 saturated heterocycles. The smallest absolute Gasteiger partial charge is 0.126 e. The van der Waals surface area contributed by atoms with Crippen LogP contribution in [0.15, 0.2) is 12.1 Å². The second-order valence-electron chi connectivity index (χ2n) is 2.98. The van der Waals surface area contributed by atoms with E-state index in [4.69, 9.17) is 10.5 Å². The van der Waals surface area contributed by atoms with E-state index in [2.05, 4.69) is 19.1 Å². The number of ether oxygens (including phenoxy) is 1. The van der Waals surface area contributed by atoms with Crippen molar-refractivity contribution in [3.05, 3.63) is 28.8 Å². The fraction of sp³-hybridized carbons (Fsp3) is 0.400. The normalized spacial score (nSPS) is 9.23. The van der Waals surface area contributed by atoms with Gasteiger partial charge in [0, 0.05) is 12.1 Å². The van der Waals surface area contributed by atoms with E-state index in [9.17, 15) is 0 Å². The van der Waals surface area contributed by atoms with Crippen molar-refractivity contribution in [3.8, 4) is 5.75 Å². The Morgan fingerprint density at radius 2 is 1.92 bits per heavy atom. The van der Waals surface area contributed by atoms with Crippen LogP contribution in [0.3, 0.4) is 0 Å². The Morgan fingerprint density at radius 1 is 1.31 bits per heavy atom. The monoisotopic (exact) mass is 201 g/mol. The minimum atomic E-state index is 0. The van der Waals surface area contributed by atoms with Gasteiger partial charge >= 0.3 is 0 Å². The second-order valence-corrected chi connectivity index (χ2v) is 2.98. The van der Waals surface area contributed by atoms with Gasteiger partial charge in [-0.1, -0.05) is 17.7 Å². The predicted molar refractivity (Wildman–Crippen MR) is 57.6 cm³/mol. The third-order valence-electron chi connectivity index (χ3n) is 1.92. The zero-order valence-corrected chi connectivity index (χ0v) is 9.07. The highest BCUT2D eigenvalue weighted by Gasteiger charge is 2.04. The first-order valence-electron chi connectivity index (χ1n) is 4.03. The van der Waals surface area contributed by atoms with E-state index >= 15 is 0 Å². The molecular weight excluding hydrogens is 186 g/mol. The van der Waals surface area contributed by atoms with Crippen molar-refractivity contribution in [1.29, 1.82) is 0 Å². The summed E-state index contributed by atoms with van der Waals surface area (Å²) in [7, 11) is 1.68. The molecule has 1 rings (SSSR count). The lowest BCUT2D eigenvalue weighted by atomic mass is 10.1. The minimum absolute atomic E-state index is 0. The summed E-state index contributed by atoms with van der Waals surface area (Å²) in [6, 6.07) is 4.16. The summed E-state index contributed by atoms with van der Waals surface area (Å²) in [5.41, 5.74) is 9.04. The van der Waals surface area contributed by atoms with E-state index < -0.39 is 0 Å². The first-order chi connectivity index (χ1) is 5.69. The third kappa shape index (κ3) is 2.61. The molecule has 0 amide bonds. The van der Waals surface area contributed by atoms with Gasteiger partial charge in [0.2, 0.25) is 0 Å². The van der Waals surface area contributed by atoms with Crippen LogP contribution in [0.4, 0.5) is 0 Å². The van der Waals surface area contributed by atoms with E-state index in [1.807, 2.05) is 6.92 Å². The van der Waals surface area contributed by atoms with Crippen molar-refractivity contribution in [3.63, 3.8) is 0 Å². The largest absolute Gasteiger partial charge is 0.496 e. The first kappa shape index (κ1) is 12.3. The highest BCUT2D eigenvalue weighted by atomic mass is 35.5. The van der Waals surface area contributed by atoms with Gasteiger partial charge in [0.25, 0.3) is 0 Å². The number of rotatable bonds is 2. The Balaban J connectivity index is 0.00000144. The van der Waals surface area contributed by atoms with Crippen molar-refractivity contribution in [2.24, 2.45) is 5.73 Å². The molecule has 2 nitrogen and oxygen atoms in total. The van der Waals surface area contributed by atoms with Gasteiger partial charge in [0.05, 0.1) is 7.11 Å². The number of hydrogen-bond donors (Lipinski definition) is 1. The summed E-state index contributed by atoms with van der Waals surface area (Å²) < 4.78 is 5.24. The number of benzene rings is 1. The molecule has 0 spiro atoms. The summed E-state index contributed by atoms with van der Waals surface area (Å²) in [4.78, 5) is 0. The maximum absolute atomic E-state index is 5.58. The van der Waals surface area contributed by atoms with Gasteiger partial charge in [-0.05, 0) is 19.4 Å². The molecule has 3 heteroatoms. The maximum Gasteiger partial charge on any atom is 0.126 e. The number of nitrogens with two attached hydrogens (primary N) is 1. The molecule has 0 aliphatic rings. The summed E-state index contributed by atoms with van der Waals surface area (Å²) >= 11 is 0. The van der Waals surface area contributed by atoms with Gasteiger partial charge in [-0.2, -0.15) is 0 Å². The molecular formula is C10H16ClNO. The molecule has 0 bridgehead atoms. The lowest BCUT2D eigenvalue weighted by Gasteiger charge is -2.10. The van der Waals surface area contributed by atoms with Crippen LogP contribution >= 0.6 is 12.4 Å². The Bertz CT molecular complexity index is 286. The third-order valence-corrected chi connectivity index (χ3v) is 1.92. The molecule has 74 valence electrons. The zero-order valence-electron chi connectivity index (χ0n) is 8.26. The maximum atomic E-state index is 5.58. The molecule has 1 aromatic carbocycles. The van der Waals surface area contributed by atoms with E-state index in [-0.39, 0.29) is 12.4 Å². The summed E-state index contributed by atoms with van der Waals surface area (Å²) in [5, 5.41) is 0. The number of aryl methyl sites for hydroxylation is 2. The van der Waals surface area contributed by atoms with Crippen LogP contribution in [-0.4, -0.2) is 7.11 Å². The Hall–Kier alpha value is -0.730. The summed E-state index contributed by atoms with van der Waals surface area (Å²) in [5.74, 6) is 0.920. The topological polar surface area (TPSA) is 35.2 Å². The van der Waals surface area contributed by atoms with E-state index in [0.29, 0.717) is 6.54 Å². The first-order valence-corrected chi connectivity index (χ1v) is 4.03. The lowest BCUT2D eigenvalue weighted by molar-refractivity contribution is 0.406. The van der Waals surface area contributed by atoms with E-state index in [1.54, 1.807) is 7.11 Å². The predicted octanol–water partition coefficient (Wildman–Crippen LogP) is 2.19. The van der Waals surface area contributed by atoms with Crippen molar-refractivity contribution in [1.82, 2.24) is 0 Å². The quantitative estimate of drug-likeness (QED) is 0.796.